The van der Waals surface area contributed by atoms with Gasteiger partial charge in [-0.15, -0.1) is 10.2 Å². The maximum Gasteiger partial charge on any atom is 0.234 e. The van der Waals surface area contributed by atoms with E-state index >= 15 is 0 Å². The van der Waals surface area contributed by atoms with Crippen molar-refractivity contribution >= 4 is 39.3 Å². The number of aromatic nitrogens is 3. The number of hydrogen-bond donors (Lipinski definition) is 1. The molecule has 130 valence electrons. The molecule has 6 nitrogen and oxygen atoms in total. The molecule has 0 aliphatic rings. The lowest BCUT2D eigenvalue weighted by molar-refractivity contribution is -0.113. The maximum absolute atomic E-state index is 12.2. The van der Waals surface area contributed by atoms with E-state index in [1.54, 1.807) is 6.26 Å². The molecule has 3 aromatic rings. The Morgan fingerprint density at radius 2 is 2.20 bits per heavy atom. The Kier molecular flexibility index (Phi) is 5.60. The lowest BCUT2D eigenvalue weighted by Crippen LogP contribution is -2.14. The van der Waals surface area contributed by atoms with Gasteiger partial charge in [0, 0.05) is 16.7 Å². The van der Waals surface area contributed by atoms with Gasteiger partial charge in [-0.1, -0.05) is 33.8 Å². The number of furan rings is 1. The summed E-state index contributed by atoms with van der Waals surface area (Å²) in [5, 5.41) is 11.9. The number of halogens is 1. The van der Waals surface area contributed by atoms with Crippen molar-refractivity contribution in [2.24, 2.45) is 0 Å². The van der Waals surface area contributed by atoms with Gasteiger partial charge < -0.3 is 9.73 Å². The van der Waals surface area contributed by atoms with Gasteiger partial charge in [0.15, 0.2) is 16.7 Å². The predicted molar refractivity (Wildman–Crippen MR) is 102 cm³/mol. The zero-order valence-corrected chi connectivity index (χ0v) is 16.2. The SMILES string of the molecule is CCn1c(SCC(=O)Nc2ccc(C)c(Br)c2)nnc1-c1ccco1. The second-order valence-electron chi connectivity index (χ2n) is 5.33. The first-order chi connectivity index (χ1) is 12.1. The number of anilines is 1. The Hall–Kier alpha value is -2.06. The summed E-state index contributed by atoms with van der Waals surface area (Å²) in [7, 11) is 0. The quantitative estimate of drug-likeness (QED) is 0.599. The Labute approximate surface area is 158 Å². The number of nitrogens with zero attached hydrogens (tertiary/aromatic N) is 3. The third-order valence-corrected chi connectivity index (χ3v) is 5.38. The number of benzene rings is 1. The lowest BCUT2D eigenvalue weighted by Gasteiger charge is -2.08. The molecule has 0 saturated carbocycles. The van der Waals surface area contributed by atoms with Crippen molar-refractivity contribution in [3.63, 3.8) is 0 Å². The number of nitrogens with one attached hydrogen (secondary N) is 1. The fraction of sp³-hybridized carbons (Fsp3) is 0.235. The zero-order chi connectivity index (χ0) is 17.8. The molecule has 0 radical (unpaired) electrons. The molecule has 0 unspecified atom stereocenters. The minimum atomic E-state index is -0.0917. The summed E-state index contributed by atoms with van der Waals surface area (Å²) in [6, 6.07) is 9.38. The van der Waals surface area contributed by atoms with Gasteiger partial charge in [-0.05, 0) is 43.7 Å². The van der Waals surface area contributed by atoms with Crippen LogP contribution in [-0.4, -0.2) is 26.4 Å². The highest BCUT2D eigenvalue weighted by Gasteiger charge is 2.16. The summed E-state index contributed by atoms with van der Waals surface area (Å²) in [4.78, 5) is 12.2. The van der Waals surface area contributed by atoms with E-state index in [1.807, 2.05) is 48.7 Å². The monoisotopic (exact) mass is 420 g/mol. The van der Waals surface area contributed by atoms with Crippen LogP contribution in [-0.2, 0) is 11.3 Å². The van der Waals surface area contributed by atoms with E-state index in [2.05, 4.69) is 31.4 Å². The second kappa shape index (κ2) is 7.88. The minimum Gasteiger partial charge on any atom is -0.461 e. The van der Waals surface area contributed by atoms with Crippen molar-refractivity contribution < 1.29 is 9.21 Å². The van der Waals surface area contributed by atoms with E-state index in [-0.39, 0.29) is 11.7 Å². The third-order valence-electron chi connectivity index (χ3n) is 3.56. The van der Waals surface area contributed by atoms with E-state index < -0.39 is 0 Å². The summed E-state index contributed by atoms with van der Waals surface area (Å²) in [6.45, 7) is 4.70. The Morgan fingerprint density at radius 3 is 2.88 bits per heavy atom. The van der Waals surface area contributed by atoms with Crippen LogP contribution in [0.1, 0.15) is 12.5 Å². The van der Waals surface area contributed by atoms with Gasteiger partial charge in [0.25, 0.3) is 0 Å². The number of carbonyl (C=O) groups excluding carboxylic acids is 1. The lowest BCUT2D eigenvalue weighted by atomic mass is 10.2. The molecule has 0 aliphatic carbocycles. The summed E-state index contributed by atoms with van der Waals surface area (Å²) in [5.41, 5.74) is 1.88. The van der Waals surface area contributed by atoms with Crippen molar-refractivity contribution in [2.75, 3.05) is 11.1 Å². The molecule has 1 aromatic carbocycles. The van der Waals surface area contributed by atoms with Crippen LogP contribution in [0.25, 0.3) is 11.6 Å². The van der Waals surface area contributed by atoms with Crippen molar-refractivity contribution in [1.29, 1.82) is 0 Å². The summed E-state index contributed by atoms with van der Waals surface area (Å²) < 4.78 is 8.28. The van der Waals surface area contributed by atoms with E-state index in [4.69, 9.17) is 4.42 Å². The normalized spacial score (nSPS) is 10.8. The second-order valence-corrected chi connectivity index (χ2v) is 7.13. The summed E-state index contributed by atoms with van der Waals surface area (Å²) >= 11 is 4.81. The van der Waals surface area contributed by atoms with Crippen LogP contribution in [0.4, 0.5) is 5.69 Å². The molecule has 1 N–H and O–H groups in total. The Morgan fingerprint density at radius 1 is 1.36 bits per heavy atom. The van der Waals surface area contributed by atoms with Gasteiger partial charge in [-0.3, -0.25) is 9.36 Å². The number of aryl methyl sites for hydroxylation is 1. The molecule has 0 aliphatic heterocycles. The zero-order valence-electron chi connectivity index (χ0n) is 13.8. The largest absolute Gasteiger partial charge is 0.461 e. The van der Waals surface area contributed by atoms with Gasteiger partial charge in [0.05, 0.1) is 12.0 Å². The standard InChI is InChI=1S/C17H17BrN4O2S/c1-3-22-16(14-5-4-8-24-14)20-21-17(22)25-10-15(23)19-12-7-6-11(2)13(18)9-12/h4-9H,3,10H2,1-2H3,(H,19,23). The van der Waals surface area contributed by atoms with Crippen LogP contribution in [0.3, 0.4) is 0 Å². The smallest absolute Gasteiger partial charge is 0.234 e. The van der Waals surface area contributed by atoms with Gasteiger partial charge in [0.2, 0.25) is 5.91 Å². The molecule has 1 amide bonds. The molecule has 8 heteroatoms. The van der Waals surface area contributed by atoms with E-state index in [0.717, 1.165) is 15.7 Å². The van der Waals surface area contributed by atoms with Crippen LogP contribution >= 0.6 is 27.7 Å². The number of hydrogen-bond acceptors (Lipinski definition) is 5. The van der Waals surface area contributed by atoms with Gasteiger partial charge >= 0.3 is 0 Å². The topological polar surface area (TPSA) is 73.0 Å². The van der Waals surface area contributed by atoms with Gasteiger partial charge in [0.1, 0.15) is 0 Å². The first-order valence-corrected chi connectivity index (χ1v) is 9.52. The number of amides is 1. The molecule has 0 bridgehead atoms. The fourth-order valence-corrected chi connectivity index (χ4v) is 3.45. The van der Waals surface area contributed by atoms with Crippen LogP contribution in [0.15, 0.2) is 50.6 Å². The molecule has 0 saturated heterocycles. The molecule has 3 rings (SSSR count). The van der Waals surface area contributed by atoms with E-state index in [9.17, 15) is 4.79 Å². The van der Waals surface area contributed by atoms with Crippen molar-refractivity contribution in [3.8, 4) is 11.6 Å². The van der Waals surface area contributed by atoms with Crippen molar-refractivity contribution in [1.82, 2.24) is 14.8 Å². The highest BCUT2D eigenvalue weighted by molar-refractivity contribution is 9.10. The van der Waals surface area contributed by atoms with E-state index in [0.29, 0.717) is 23.3 Å². The van der Waals surface area contributed by atoms with Crippen molar-refractivity contribution in [2.45, 2.75) is 25.5 Å². The molecular weight excluding hydrogens is 404 g/mol. The summed E-state index contributed by atoms with van der Waals surface area (Å²) in [5.74, 6) is 1.49. The molecular formula is C17H17BrN4O2S. The molecule has 0 spiro atoms. The van der Waals surface area contributed by atoms with Crippen LogP contribution in [0.5, 0.6) is 0 Å². The fourth-order valence-electron chi connectivity index (χ4n) is 2.27. The third kappa shape index (κ3) is 4.13. The molecule has 25 heavy (non-hydrogen) atoms. The first kappa shape index (κ1) is 17.8. The van der Waals surface area contributed by atoms with Crippen LogP contribution < -0.4 is 5.32 Å². The number of rotatable bonds is 6. The van der Waals surface area contributed by atoms with Crippen LogP contribution in [0.2, 0.25) is 0 Å². The van der Waals surface area contributed by atoms with E-state index in [1.165, 1.54) is 11.8 Å². The Balaban J connectivity index is 1.65. The summed E-state index contributed by atoms with van der Waals surface area (Å²) in [6.07, 6.45) is 1.60. The average molecular weight is 421 g/mol. The highest BCUT2D eigenvalue weighted by Crippen LogP contribution is 2.25. The highest BCUT2D eigenvalue weighted by atomic mass is 79.9. The maximum atomic E-state index is 12.2. The van der Waals surface area contributed by atoms with Crippen LogP contribution in [0, 0.1) is 6.92 Å². The number of thioether (sulfide) groups is 1. The molecule has 2 aromatic heterocycles. The van der Waals surface area contributed by atoms with Gasteiger partial charge in [-0.2, -0.15) is 0 Å². The predicted octanol–water partition coefficient (Wildman–Crippen LogP) is 4.36. The number of carbonyl (C=O) groups is 1. The van der Waals surface area contributed by atoms with Crippen molar-refractivity contribution in [3.05, 3.63) is 46.6 Å². The molecule has 0 atom stereocenters. The first-order valence-electron chi connectivity index (χ1n) is 7.74. The average Bonchev–Trinajstić information content (AvgIpc) is 3.24. The van der Waals surface area contributed by atoms with Gasteiger partial charge in [-0.25, -0.2) is 0 Å². The Bertz CT molecular complexity index is 877. The minimum absolute atomic E-state index is 0.0917. The molecule has 0 fully saturated rings. The molecule has 2 heterocycles.